The Morgan fingerprint density at radius 2 is 1.73 bits per heavy atom. The zero-order valence-corrected chi connectivity index (χ0v) is 8.48. The van der Waals surface area contributed by atoms with E-state index in [1.165, 1.54) is 12.2 Å². The fourth-order valence-corrected chi connectivity index (χ4v) is 0.722. The molecule has 0 bridgehead atoms. The number of rotatable bonds is 7. The molecular formula is C10H15NO4. The van der Waals surface area contributed by atoms with Crippen molar-refractivity contribution in [1.82, 2.24) is 0 Å². The van der Waals surface area contributed by atoms with Gasteiger partial charge in [-0.1, -0.05) is 25.3 Å². The molecule has 0 fully saturated rings. The van der Waals surface area contributed by atoms with Gasteiger partial charge in [-0.25, -0.2) is 0 Å². The Balaban J connectivity index is 3.84. The van der Waals surface area contributed by atoms with Crippen molar-refractivity contribution >= 4 is 11.9 Å². The van der Waals surface area contributed by atoms with Crippen LogP contribution in [0.1, 0.15) is 6.42 Å². The van der Waals surface area contributed by atoms with Gasteiger partial charge in [-0.3, -0.25) is 9.59 Å². The standard InChI is InChI=1S/C10H15NO4/c1-3-5-14-9(12)7-8(11)10(13)15-6-4-2/h3-4,8H,1-2,5-7,11H2/t8-/m1/s1. The monoisotopic (exact) mass is 213 g/mol. The van der Waals surface area contributed by atoms with E-state index in [4.69, 9.17) is 5.73 Å². The van der Waals surface area contributed by atoms with Crippen molar-refractivity contribution in [1.29, 1.82) is 0 Å². The first kappa shape index (κ1) is 13.4. The first-order valence-corrected chi connectivity index (χ1v) is 4.41. The molecule has 1 atom stereocenters. The molecule has 0 aromatic carbocycles. The van der Waals surface area contributed by atoms with Gasteiger partial charge in [-0.15, -0.1) is 0 Å². The van der Waals surface area contributed by atoms with Crippen LogP contribution in [0.2, 0.25) is 0 Å². The molecule has 15 heavy (non-hydrogen) atoms. The van der Waals surface area contributed by atoms with Crippen LogP contribution in [-0.4, -0.2) is 31.2 Å². The predicted molar refractivity (Wildman–Crippen MR) is 54.9 cm³/mol. The molecule has 5 nitrogen and oxygen atoms in total. The molecule has 0 heterocycles. The number of esters is 2. The third-order valence-electron chi connectivity index (χ3n) is 1.39. The Bertz CT molecular complexity index is 250. The lowest BCUT2D eigenvalue weighted by Gasteiger charge is -2.09. The highest BCUT2D eigenvalue weighted by Gasteiger charge is 2.19. The van der Waals surface area contributed by atoms with Crippen molar-refractivity contribution in [2.45, 2.75) is 12.5 Å². The Morgan fingerprint density at radius 3 is 2.27 bits per heavy atom. The highest BCUT2D eigenvalue weighted by Crippen LogP contribution is 1.95. The third kappa shape index (κ3) is 6.45. The van der Waals surface area contributed by atoms with Crippen molar-refractivity contribution in [3.63, 3.8) is 0 Å². The predicted octanol–water partition coefficient (Wildman–Crippen LogP) is 0.162. The quantitative estimate of drug-likeness (QED) is 0.481. The van der Waals surface area contributed by atoms with Crippen molar-refractivity contribution in [2.24, 2.45) is 5.73 Å². The van der Waals surface area contributed by atoms with Crippen molar-refractivity contribution in [3.8, 4) is 0 Å². The summed E-state index contributed by atoms with van der Waals surface area (Å²) in [6.07, 6.45) is 2.64. The first-order valence-electron chi connectivity index (χ1n) is 4.41. The molecule has 84 valence electrons. The summed E-state index contributed by atoms with van der Waals surface area (Å²) in [6, 6.07) is -0.998. The molecule has 0 radical (unpaired) electrons. The Hall–Kier alpha value is -1.62. The minimum absolute atomic E-state index is 0.0776. The summed E-state index contributed by atoms with van der Waals surface area (Å²) in [4.78, 5) is 22.1. The molecule has 0 spiro atoms. The fraction of sp³-hybridized carbons (Fsp3) is 0.400. The summed E-state index contributed by atoms with van der Waals surface area (Å²) in [5.41, 5.74) is 5.40. The average Bonchev–Trinajstić information content (AvgIpc) is 2.22. The molecule has 5 heteroatoms. The normalized spacial score (nSPS) is 11.3. The van der Waals surface area contributed by atoms with Crippen LogP contribution >= 0.6 is 0 Å². The van der Waals surface area contributed by atoms with E-state index < -0.39 is 18.0 Å². The number of nitrogens with two attached hydrogens (primary N) is 1. The topological polar surface area (TPSA) is 78.6 Å². The van der Waals surface area contributed by atoms with Crippen molar-refractivity contribution < 1.29 is 19.1 Å². The number of ether oxygens (including phenoxy) is 2. The van der Waals surface area contributed by atoms with Crippen LogP contribution in [0.4, 0.5) is 0 Å². The lowest BCUT2D eigenvalue weighted by atomic mass is 10.2. The maximum Gasteiger partial charge on any atom is 0.323 e. The lowest BCUT2D eigenvalue weighted by Crippen LogP contribution is -2.35. The summed E-state index contributed by atoms with van der Waals surface area (Å²) in [7, 11) is 0. The number of hydrogen-bond donors (Lipinski definition) is 1. The van der Waals surface area contributed by atoms with Gasteiger partial charge in [0, 0.05) is 0 Å². The highest BCUT2D eigenvalue weighted by molar-refractivity contribution is 5.82. The van der Waals surface area contributed by atoms with E-state index >= 15 is 0 Å². The summed E-state index contributed by atoms with van der Waals surface area (Å²) in [6.45, 7) is 6.93. The molecule has 0 aliphatic rings. The second-order valence-electron chi connectivity index (χ2n) is 2.70. The van der Waals surface area contributed by atoms with E-state index in [0.29, 0.717) is 0 Å². The van der Waals surface area contributed by atoms with Gasteiger partial charge in [0.05, 0.1) is 6.42 Å². The average molecular weight is 213 g/mol. The Kier molecular flexibility index (Phi) is 6.92. The molecular weight excluding hydrogens is 198 g/mol. The summed E-state index contributed by atoms with van der Waals surface area (Å²) in [5, 5.41) is 0. The summed E-state index contributed by atoms with van der Waals surface area (Å²) in [5.74, 6) is -1.21. The SMILES string of the molecule is C=CCOC(=O)C[C@@H](N)C(=O)OCC=C. The third-order valence-corrected chi connectivity index (χ3v) is 1.39. The maximum atomic E-state index is 11.1. The van der Waals surface area contributed by atoms with E-state index in [2.05, 4.69) is 22.6 Å². The maximum absolute atomic E-state index is 11.1. The summed E-state index contributed by atoms with van der Waals surface area (Å²) >= 11 is 0. The lowest BCUT2D eigenvalue weighted by molar-refractivity contribution is -0.150. The molecule has 0 aliphatic heterocycles. The van der Waals surface area contributed by atoms with Gasteiger partial charge in [-0.05, 0) is 0 Å². The number of hydrogen-bond acceptors (Lipinski definition) is 5. The van der Waals surface area contributed by atoms with Crippen LogP contribution in [0.3, 0.4) is 0 Å². The molecule has 0 rings (SSSR count). The second kappa shape index (κ2) is 7.75. The molecule has 0 aromatic rings. The summed E-state index contributed by atoms with van der Waals surface area (Å²) < 4.78 is 9.30. The molecule has 0 saturated heterocycles. The van der Waals surface area contributed by atoms with Gasteiger partial charge in [-0.2, -0.15) is 0 Å². The minimum atomic E-state index is -0.998. The van der Waals surface area contributed by atoms with Crippen molar-refractivity contribution in [3.05, 3.63) is 25.3 Å². The van der Waals surface area contributed by atoms with E-state index in [9.17, 15) is 9.59 Å². The highest BCUT2D eigenvalue weighted by atomic mass is 16.5. The molecule has 0 aliphatic carbocycles. The zero-order valence-electron chi connectivity index (χ0n) is 8.48. The molecule has 2 N–H and O–H groups in total. The van der Waals surface area contributed by atoms with Gasteiger partial charge in [0.15, 0.2) is 0 Å². The molecule has 0 unspecified atom stereocenters. The molecule has 0 saturated carbocycles. The number of carbonyl (C=O) groups excluding carboxylic acids is 2. The van der Waals surface area contributed by atoms with Gasteiger partial charge in [0.25, 0.3) is 0 Å². The van der Waals surface area contributed by atoms with Gasteiger partial charge >= 0.3 is 11.9 Å². The largest absolute Gasteiger partial charge is 0.461 e. The smallest absolute Gasteiger partial charge is 0.323 e. The van der Waals surface area contributed by atoms with Crippen LogP contribution in [0.15, 0.2) is 25.3 Å². The van der Waals surface area contributed by atoms with Gasteiger partial charge in [0.2, 0.25) is 0 Å². The van der Waals surface area contributed by atoms with Gasteiger partial charge < -0.3 is 15.2 Å². The molecule has 0 amide bonds. The first-order chi connectivity index (χ1) is 7.11. The van der Waals surface area contributed by atoms with Crippen LogP contribution in [0.5, 0.6) is 0 Å². The van der Waals surface area contributed by atoms with E-state index in [1.54, 1.807) is 0 Å². The van der Waals surface area contributed by atoms with Crippen LogP contribution in [0, 0.1) is 0 Å². The Labute approximate surface area is 88.5 Å². The van der Waals surface area contributed by atoms with Crippen LogP contribution in [0.25, 0.3) is 0 Å². The van der Waals surface area contributed by atoms with Gasteiger partial charge in [0.1, 0.15) is 19.3 Å². The molecule has 0 aromatic heterocycles. The fourth-order valence-electron chi connectivity index (χ4n) is 0.722. The van der Waals surface area contributed by atoms with E-state index in [0.717, 1.165) is 0 Å². The minimum Gasteiger partial charge on any atom is -0.461 e. The van der Waals surface area contributed by atoms with Crippen LogP contribution < -0.4 is 5.73 Å². The van der Waals surface area contributed by atoms with Crippen molar-refractivity contribution in [2.75, 3.05) is 13.2 Å². The van der Waals surface area contributed by atoms with Crippen LogP contribution in [-0.2, 0) is 19.1 Å². The Morgan fingerprint density at radius 1 is 1.20 bits per heavy atom. The second-order valence-corrected chi connectivity index (χ2v) is 2.70. The zero-order chi connectivity index (χ0) is 11.7. The van der Waals surface area contributed by atoms with E-state index in [1.807, 2.05) is 0 Å². The van der Waals surface area contributed by atoms with E-state index in [-0.39, 0.29) is 19.6 Å². The number of carbonyl (C=O) groups is 2.